The van der Waals surface area contributed by atoms with Crippen LogP contribution in [-0.4, -0.2) is 26.6 Å². The van der Waals surface area contributed by atoms with Gasteiger partial charge in [0.2, 0.25) is 11.8 Å². The molecule has 0 saturated heterocycles. The van der Waals surface area contributed by atoms with Gasteiger partial charge in [-0.3, -0.25) is 4.57 Å². The Kier molecular flexibility index (Phi) is 2.17. The van der Waals surface area contributed by atoms with E-state index in [9.17, 15) is 0 Å². The smallest absolute Gasteiger partial charge is 0.245 e. The van der Waals surface area contributed by atoms with Crippen LogP contribution in [0.4, 0.5) is 5.95 Å². The first-order chi connectivity index (χ1) is 8.26. The fourth-order valence-corrected chi connectivity index (χ4v) is 2.37. The van der Waals surface area contributed by atoms with Crippen molar-refractivity contribution in [3.63, 3.8) is 0 Å². The third kappa shape index (κ3) is 1.44. The number of fused-ring (bicyclic) bond motifs is 1. The Hall–Kier alpha value is -1.85. The fourth-order valence-electron chi connectivity index (χ4n) is 2.37. The second-order valence-corrected chi connectivity index (χ2v) is 4.37. The van der Waals surface area contributed by atoms with E-state index in [0.717, 1.165) is 18.5 Å². The van der Waals surface area contributed by atoms with E-state index < -0.39 is 0 Å². The van der Waals surface area contributed by atoms with Crippen molar-refractivity contribution in [2.24, 2.45) is 5.92 Å². The summed E-state index contributed by atoms with van der Waals surface area (Å²) in [4.78, 5) is 12.6. The number of anilines is 1. The summed E-state index contributed by atoms with van der Waals surface area (Å²) < 4.78 is 7.17. The van der Waals surface area contributed by atoms with Crippen molar-refractivity contribution in [1.29, 1.82) is 0 Å². The average molecular weight is 233 g/mol. The molecule has 0 amide bonds. The molecule has 1 saturated carbocycles. The summed E-state index contributed by atoms with van der Waals surface area (Å²) in [6.45, 7) is 2.19. The fraction of sp³-hybridized carbons (Fsp3) is 0.545. The lowest BCUT2D eigenvalue weighted by atomic mass is 10.3. The highest BCUT2D eigenvalue weighted by Gasteiger charge is 2.39. The van der Waals surface area contributed by atoms with Gasteiger partial charge in [-0.15, -0.1) is 0 Å². The van der Waals surface area contributed by atoms with E-state index in [2.05, 4.69) is 21.9 Å². The summed E-state index contributed by atoms with van der Waals surface area (Å²) in [5.74, 6) is 1.67. The van der Waals surface area contributed by atoms with Gasteiger partial charge in [0.15, 0.2) is 11.2 Å². The Bertz CT molecular complexity index is 564. The highest BCUT2D eigenvalue weighted by Crippen LogP contribution is 2.48. The van der Waals surface area contributed by atoms with Gasteiger partial charge in [-0.05, 0) is 12.3 Å². The molecule has 0 spiro atoms. The van der Waals surface area contributed by atoms with E-state index in [0.29, 0.717) is 29.3 Å². The van der Waals surface area contributed by atoms with Gasteiger partial charge in [-0.1, -0.05) is 13.3 Å². The molecule has 0 aromatic carbocycles. The van der Waals surface area contributed by atoms with Crippen molar-refractivity contribution < 1.29 is 4.74 Å². The second kappa shape index (κ2) is 3.58. The minimum Gasteiger partial charge on any atom is -0.479 e. The SMILES string of the molecule is CCC1CC1n1c(N)nc2c(OC)ncnc21. The zero-order chi connectivity index (χ0) is 12.0. The number of aromatic nitrogens is 4. The van der Waals surface area contributed by atoms with Crippen LogP contribution in [0.2, 0.25) is 0 Å². The van der Waals surface area contributed by atoms with Crippen molar-refractivity contribution in [1.82, 2.24) is 19.5 Å². The normalized spacial score (nSPS) is 22.9. The average Bonchev–Trinajstić information content (AvgIpc) is 3.03. The van der Waals surface area contributed by atoms with Crippen LogP contribution in [0, 0.1) is 5.92 Å². The van der Waals surface area contributed by atoms with Crippen LogP contribution < -0.4 is 10.5 Å². The zero-order valence-corrected chi connectivity index (χ0v) is 9.92. The molecule has 90 valence electrons. The van der Waals surface area contributed by atoms with Crippen LogP contribution in [0.25, 0.3) is 11.2 Å². The quantitative estimate of drug-likeness (QED) is 0.866. The Morgan fingerprint density at radius 2 is 2.35 bits per heavy atom. The van der Waals surface area contributed by atoms with Crippen molar-refractivity contribution >= 4 is 17.1 Å². The first kappa shape index (κ1) is 10.3. The molecule has 3 rings (SSSR count). The molecule has 2 heterocycles. The number of nitrogens with two attached hydrogens (primary N) is 1. The molecule has 0 aliphatic heterocycles. The van der Waals surface area contributed by atoms with Gasteiger partial charge in [-0.25, -0.2) is 9.97 Å². The van der Waals surface area contributed by atoms with E-state index in [1.54, 1.807) is 7.11 Å². The molecule has 1 aliphatic carbocycles. The largest absolute Gasteiger partial charge is 0.479 e. The summed E-state index contributed by atoms with van der Waals surface area (Å²) in [5.41, 5.74) is 7.38. The Morgan fingerprint density at radius 3 is 3.00 bits per heavy atom. The van der Waals surface area contributed by atoms with Crippen LogP contribution in [0.15, 0.2) is 6.33 Å². The maximum absolute atomic E-state index is 5.96. The van der Waals surface area contributed by atoms with Crippen molar-refractivity contribution in [2.75, 3.05) is 12.8 Å². The van der Waals surface area contributed by atoms with Crippen molar-refractivity contribution in [3.8, 4) is 5.88 Å². The van der Waals surface area contributed by atoms with Gasteiger partial charge >= 0.3 is 0 Å². The van der Waals surface area contributed by atoms with Crippen LogP contribution in [0.5, 0.6) is 5.88 Å². The van der Waals surface area contributed by atoms with Crippen LogP contribution in [0.3, 0.4) is 0 Å². The number of methoxy groups -OCH3 is 1. The number of hydrogen-bond donors (Lipinski definition) is 1. The molecule has 17 heavy (non-hydrogen) atoms. The summed E-state index contributed by atoms with van der Waals surface area (Å²) >= 11 is 0. The van der Waals surface area contributed by atoms with Gasteiger partial charge in [0, 0.05) is 6.04 Å². The molecular formula is C11H15N5O. The molecule has 2 aromatic heterocycles. The lowest BCUT2D eigenvalue weighted by Gasteiger charge is -2.04. The zero-order valence-electron chi connectivity index (χ0n) is 9.92. The number of imidazole rings is 1. The van der Waals surface area contributed by atoms with E-state index in [1.807, 2.05) is 4.57 Å². The van der Waals surface area contributed by atoms with Gasteiger partial charge < -0.3 is 10.5 Å². The number of nitrogens with zero attached hydrogens (tertiary/aromatic N) is 4. The van der Waals surface area contributed by atoms with Gasteiger partial charge in [-0.2, -0.15) is 4.98 Å². The number of hydrogen-bond acceptors (Lipinski definition) is 5. The second-order valence-electron chi connectivity index (χ2n) is 4.37. The van der Waals surface area contributed by atoms with Gasteiger partial charge in [0.1, 0.15) is 6.33 Å². The monoisotopic (exact) mass is 233 g/mol. The molecule has 6 heteroatoms. The topological polar surface area (TPSA) is 78.9 Å². The van der Waals surface area contributed by atoms with E-state index in [-0.39, 0.29) is 0 Å². The molecule has 6 nitrogen and oxygen atoms in total. The third-order valence-electron chi connectivity index (χ3n) is 3.41. The lowest BCUT2D eigenvalue weighted by molar-refractivity contribution is 0.401. The minimum atomic E-state index is 0.435. The molecule has 2 N–H and O–H groups in total. The summed E-state index contributed by atoms with van der Waals surface area (Å²) in [7, 11) is 1.57. The Morgan fingerprint density at radius 1 is 1.53 bits per heavy atom. The Balaban J connectivity index is 2.15. The highest BCUT2D eigenvalue weighted by molar-refractivity contribution is 5.79. The first-order valence-electron chi connectivity index (χ1n) is 5.78. The van der Waals surface area contributed by atoms with Crippen LogP contribution in [0.1, 0.15) is 25.8 Å². The summed E-state index contributed by atoms with van der Waals surface area (Å²) in [5, 5.41) is 0. The molecule has 2 unspecified atom stereocenters. The van der Waals surface area contributed by atoms with Crippen molar-refractivity contribution in [3.05, 3.63) is 6.33 Å². The molecule has 0 bridgehead atoms. The summed E-state index contributed by atoms with van der Waals surface area (Å²) in [6, 6.07) is 0.435. The van der Waals surface area contributed by atoms with Crippen LogP contribution in [-0.2, 0) is 0 Å². The van der Waals surface area contributed by atoms with Gasteiger partial charge in [0.25, 0.3) is 0 Å². The predicted octanol–water partition coefficient (Wildman–Crippen LogP) is 1.39. The third-order valence-corrected chi connectivity index (χ3v) is 3.41. The van der Waals surface area contributed by atoms with E-state index >= 15 is 0 Å². The molecule has 0 radical (unpaired) electrons. The lowest BCUT2D eigenvalue weighted by Crippen LogP contribution is -2.03. The first-order valence-corrected chi connectivity index (χ1v) is 5.78. The van der Waals surface area contributed by atoms with Crippen LogP contribution >= 0.6 is 0 Å². The number of ether oxygens (including phenoxy) is 1. The minimum absolute atomic E-state index is 0.435. The predicted molar refractivity (Wildman–Crippen MR) is 63.7 cm³/mol. The number of nitrogen functional groups attached to an aromatic ring is 1. The van der Waals surface area contributed by atoms with E-state index in [1.165, 1.54) is 6.33 Å². The molecular weight excluding hydrogens is 218 g/mol. The maximum Gasteiger partial charge on any atom is 0.245 e. The highest BCUT2D eigenvalue weighted by atomic mass is 16.5. The standard InChI is InChI=1S/C11H15N5O/c1-3-6-4-7(6)16-9-8(15-11(16)12)10(17-2)14-5-13-9/h5-7H,3-4H2,1-2H3,(H2,12,15). The molecule has 2 aromatic rings. The van der Waals surface area contributed by atoms with E-state index in [4.69, 9.17) is 10.5 Å². The molecule has 1 aliphatic rings. The number of rotatable bonds is 3. The Labute approximate surface area is 98.8 Å². The summed E-state index contributed by atoms with van der Waals surface area (Å²) in [6.07, 6.45) is 3.80. The maximum atomic E-state index is 5.96. The molecule has 2 atom stereocenters. The molecule has 1 fully saturated rings. The van der Waals surface area contributed by atoms with Gasteiger partial charge in [0.05, 0.1) is 7.11 Å². The van der Waals surface area contributed by atoms with Crippen molar-refractivity contribution in [2.45, 2.75) is 25.8 Å².